The minimum Gasteiger partial charge on any atom is -0.304 e. The molecule has 0 radical (unpaired) electrons. The second-order valence-corrected chi connectivity index (χ2v) is 4.35. The maximum Gasteiger partial charge on any atom is 0.259 e. The lowest BCUT2D eigenvalue weighted by Gasteiger charge is -2.21. The molecule has 0 aliphatic carbocycles. The van der Waals surface area contributed by atoms with Crippen LogP contribution < -0.4 is 5.48 Å². The summed E-state index contributed by atoms with van der Waals surface area (Å²) in [5.41, 5.74) is 4.18. The van der Waals surface area contributed by atoms with E-state index < -0.39 is 12.1 Å². The molecule has 2 unspecified atom stereocenters. The van der Waals surface area contributed by atoms with Gasteiger partial charge in [0.25, 0.3) is 6.04 Å². The Kier molecular flexibility index (Phi) is 4.81. The average Bonchev–Trinajstić information content (AvgIpc) is 2.48. The third kappa shape index (κ3) is 3.20. The molecule has 20 heavy (non-hydrogen) atoms. The normalized spacial score (nSPS) is 13.7. The van der Waals surface area contributed by atoms with E-state index in [9.17, 15) is 10.1 Å². The standard InChI is InChI=1S/C15H16N2O3/c1-20-16-14(12-8-4-2-5-9-12)15(17(18)19)13-10-6-3-7-11-13/h2-11,14-16H,1H3. The number of nitro groups is 1. The Balaban J connectivity index is 2.41. The number of nitrogens with zero attached hydrogens (tertiary/aromatic N) is 1. The molecule has 0 aliphatic heterocycles. The van der Waals surface area contributed by atoms with E-state index in [4.69, 9.17) is 4.84 Å². The molecule has 5 heteroatoms. The zero-order valence-corrected chi connectivity index (χ0v) is 11.1. The summed E-state index contributed by atoms with van der Waals surface area (Å²) in [6.07, 6.45) is 0. The lowest BCUT2D eigenvalue weighted by Crippen LogP contribution is -2.30. The van der Waals surface area contributed by atoms with Crippen molar-refractivity contribution in [3.63, 3.8) is 0 Å². The van der Waals surface area contributed by atoms with Crippen LogP contribution in [0.4, 0.5) is 0 Å². The van der Waals surface area contributed by atoms with Gasteiger partial charge in [0.15, 0.2) is 0 Å². The summed E-state index contributed by atoms with van der Waals surface area (Å²) in [6, 6.07) is 16.7. The second kappa shape index (κ2) is 6.79. The lowest BCUT2D eigenvalue weighted by atomic mass is 9.94. The number of hydrogen-bond donors (Lipinski definition) is 1. The quantitative estimate of drug-likeness (QED) is 0.648. The van der Waals surface area contributed by atoms with Gasteiger partial charge in [-0.25, -0.2) is 0 Å². The lowest BCUT2D eigenvalue weighted by molar-refractivity contribution is -0.537. The zero-order chi connectivity index (χ0) is 14.4. The first-order chi connectivity index (χ1) is 9.74. The van der Waals surface area contributed by atoms with Crippen LogP contribution in [0, 0.1) is 10.1 Å². The van der Waals surface area contributed by atoms with E-state index in [0.717, 1.165) is 5.56 Å². The van der Waals surface area contributed by atoms with Gasteiger partial charge in [0, 0.05) is 10.5 Å². The van der Waals surface area contributed by atoms with Crippen molar-refractivity contribution in [3.05, 3.63) is 81.9 Å². The van der Waals surface area contributed by atoms with Crippen molar-refractivity contribution in [1.82, 2.24) is 5.48 Å². The molecule has 0 fully saturated rings. The van der Waals surface area contributed by atoms with Crippen LogP contribution in [0.15, 0.2) is 60.7 Å². The summed E-state index contributed by atoms with van der Waals surface area (Å²) in [4.78, 5) is 16.2. The minimum absolute atomic E-state index is 0.293. The molecule has 0 aliphatic rings. The van der Waals surface area contributed by atoms with Crippen LogP contribution in [0.3, 0.4) is 0 Å². The van der Waals surface area contributed by atoms with Crippen LogP contribution in [-0.2, 0) is 4.84 Å². The van der Waals surface area contributed by atoms with Gasteiger partial charge in [-0.05, 0) is 5.56 Å². The number of rotatable bonds is 6. The summed E-state index contributed by atoms with van der Waals surface area (Å²) >= 11 is 0. The smallest absolute Gasteiger partial charge is 0.259 e. The number of hydroxylamine groups is 1. The number of nitrogens with one attached hydrogen (secondary N) is 1. The van der Waals surface area contributed by atoms with Crippen molar-refractivity contribution in [2.24, 2.45) is 0 Å². The maximum atomic E-state index is 11.5. The van der Waals surface area contributed by atoms with E-state index in [-0.39, 0.29) is 4.92 Å². The molecule has 2 atom stereocenters. The molecule has 0 bridgehead atoms. The average molecular weight is 272 g/mol. The van der Waals surface area contributed by atoms with Gasteiger partial charge in [0.1, 0.15) is 6.04 Å². The molecular formula is C15H16N2O3. The van der Waals surface area contributed by atoms with Gasteiger partial charge in [-0.3, -0.25) is 10.1 Å². The van der Waals surface area contributed by atoms with Crippen molar-refractivity contribution in [3.8, 4) is 0 Å². The predicted octanol–water partition coefficient (Wildman–Crippen LogP) is 2.90. The number of benzene rings is 2. The highest BCUT2D eigenvalue weighted by molar-refractivity contribution is 5.25. The highest BCUT2D eigenvalue weighted by atomic mass is 16.6. The largest absolute Gasteiger partial charge is 0.304 e. The van der Waals surface area contributed by atoms with E-state index in [1.807, 2.05) is 36.4 Å². The molecule has 0 spiro atoms. The molecule has 1 N–H and O–H groups in total. The van der Waals surface area contributed by atoms with Crippen LogP contribution in [0.25, 0.3) is 0 Å². The van der Waals surface area contributed by atoms with E-state index in [1.54, 1.807) is 24.3 Å². The van der Waals surface area contributed by atoms with E-state index >= 15 is 0 Å². The maximum absolute atomic E-state index is 11.5. The highest BCUT2D eigenvalue weighted by Crippen LogP contribution is 2.31. The Bertz CT molecular complexity index is 546. The first-order valence-electron chi connectivity index (χ1n) is 6.26. The third-order valence-corrected chi connectivity index (χ3v) is 3.09. The molecule has 2 aromatic rings. The molecule has 0 aromatic heterocycles. The van der Waals surface area contributed by atoms with Crippen LogP contribution in [-0.4, -0.2) is 12.0 Å². The van der Waals surface area contributed by atoms with Gasteiger partial charge in [0.05, 0.1) is 7.11 Å². The molecule has 104 valence electrons. The molecule has 0 saturated carbocycles. The van der Waals surface area contributed by atoms with Gasteiger partial charge >= 0.3 is 0 Å². The Morgan fingerprint density at radius 2 is 1.50 bits per heavy atom. The minimum atomic E-state index is -0.918. The Morgan fingerprint density at radius 1 is 1.00 bits per heavy atom. The summed E-state index contributed by atoms with van der Waals surface area (Å²) in [5.74, 6) is 0. The summed E-state index contributed by atoms with van der Waals surface area (Å²) in [5, 5.41) is 11.5. The van der Waals surface area contributed by atoms with Gasteiger partial charge in [-0.2, -0.15) is 5.48 Å². The van der Waals surface area contributed by atoms with Crippen molar-refractivity contribution in [2.75, 3.05) is 7.11 Å². The fourth-order valence-corrected chi connectivity index (χ4v) is 2.19. The molecule has 5 nitrogen and oxygen atoms in total. The third-order valence-electron chi connectivity index (χ3n) is 3.09. The Labute approximate surface area is 117 Å². The summed E-state index contributed by atoms with van der Waals surface area (Å²) in [6.45, 7) is 0. The van der Waals surface area contributed by atoms with E-state index in [2.05, 4.69) is 5.48 Å². The Hall–Kier alpha value is -2.24. The van der Waals surface area contributed by atoms with Crippen LogP contribution in [0.5, 0.6) is 0 Å². The monoisotopic (exact) mass is 272 g/mol. The van der Waals surface area contributed by atoms with Crippen LogP contribution >= 0.6 is 0 Å². The van der Waals surface area contributed by atoms with Gasteiger partial charge in [-0.1, -0.05) is 60.7 Å². The topological polar surface area (TPSA) is 64.4 Å². The van der Waals surface area contributed by atoms with Crippen molar-refractivity contribution < 1.29 is 9.76 Å². The van der Waals surface area contributed by atoms with Gasteiger partial charge < -0.3 is 4.84 Å². The molecule has 0 heterocycles. The molecular weight excluding hydrogens is 256 g/mol. The first kappa shape index (κ1) is 14.2. The van der Waals surface area contributed by atoms with E-state index in [1.165, 1.54) is 7.11 Å². The molecule has 2 aromatic carbocycles. The second-order valence-electron chi connectivity index (χ2n) is 4.35. The van der Waals surface area contributed by atoms with Gasteiger partial charge in [0.2, 0.25) is 0 Å². The predicted molar refractivity (Wildman–Crippen MR) is 75.5 cm³/mol. The van der Waals surface area contributed by atoms with E-state index in [0.29, 0.717) is 5.56 Å². The van der Waals surface area contributed by atoms with Crippen LogP contribution in [0.1, 0.15) is 23.2 Å². The summed E-state index contributed by atoms with van der Waals surface area (Å²) < 4.78 is 0. The number of hydrogen-bond acceptors (Lipinski definition) is 4. The first-order valence-corrected chi connectivity index (χ1v) is 6.26. The fourth-order valence-electron chi connectivity index (χ4n) is 2.19. The van der Waals surface area contributed by atoms with Gasteiger partial charge in [-0.15, -0.1) is 0 Å². The fraction of sp³-hybridized carbons (Fsp3) is 0.200. The highest BCUT2D eigenvalue weighted by Gasteiger charge is 2.34. The molecule has 2 rings (SSSR count). The Morgan fingerprint density at radius 3 is 1.95 bits per heavy atom. The van der Waals surface area contributed by atoms with Crippen molar-refractivity contribution in [2.45, 2.75) is 12.1 Å². The molecule has 0 amide bonds. The summed E-state index contributed by atoms with van der Waals surface area (Å²) in [7, 11) is 1.46. The van der Waals surface area contributed by atoms with Crippen molar-refractivity contribution in [1.29, 1.82) is 0 Å². The van der Waals surface area contributed by atoms with Crippen LogP contribution in [0.2, 0.25) is 0 Å². The SMILES string of the molecule is CONC(c1ccccc1)C(c1ccccc1)[N+](=O)[O-]. The zero-order valence-electron chi connectivity index (χ0n) is 11.1. The molecule has 0 saturated heterocycles. The van der Waals surface area contributed by atoms with Crippen molar-refractivity contribution >= 4 is 0 Å².